The molecule has 0 spiro atoms. The zero-order chi connectivity index (χ0) is 15.1. The largest absolute Gasteiger partial charge is 0.469 e. The molecule has 0 aliphatic carbocycles. The van der Waals surface area contributed by atoms with Gasteiger partial charge in [-0.1, -0.05) is 0 Å². The van der Waals surface area contributed by atoms with Crippen molar-refractivity contribution in [1.82, 2.24) is 0 Å². The van der Waals surface area contributed by atoms with E-state index in [1.54, 1.807) is 18.2 Å². The molecule has 1 amide bonds. The van der Waals surface area contributed by atoms with Gasteiger partial charge in [-0.05, 0) is 40.8 Å². The molecule has 0 aromatic heterocycles. The van der Waals surface area contributed by atoms with Crippen LogP contribution >= 0.6 is 22.6 Å². The Hall–Kier alpha value is -1.64. The van der Waals surface area contributed by atoms with Crippen molar-refractivity contribution in [1.29, 1.82) is 0 Å². The molecule has 1 rings (SSSR count). The summed E-state index contributed by atoms with van der Waals surface area (Å²) in [6, 6.07) is 4.98. The molecule has 1 aromatic rings. The van der Waals surface area contributed by atoms with E-state index < -0.39 is 11.9 Å². The molecule has 0 unspecified atom stereocenters. The van der Waals surface area contributed by atoms with Crippen molar-refractivity contribution in [3.63, 3.8) is 0 Å². The summed E-state index contributed by atoms with van der Waals surface area (Å²) in [5.74, 6) is -1.37. The molecule has 0 fully saturated rings. The summed E-state index contributed by atoms with van der Waals surface area (Å²) in [5.41, 5.74) is 0.623. The zero-order valence-corrected chi connectivity index (χ0v) is 13.2. The third-order valence-electron chi connectivity index (χ3n) is 2.44. The van der Waals surface area contributed by atoms with Gasteiger partial charge in [0.05, 0.1) is 31.9 Å². The SMILES string of the molecule is COC(=O)CCC(=O)Nc1ccc(I)cc1C(=O)OC. The van der Waals surface area contributed by atoms with Crippen LogP contribution in [0.3, 0.4) is 0 Å². The normalized spacial score (nSPS) is 9.75. The zero-order valence-electron chi connectivity index (χ0n) is 11.1. The highest BCUT2D eigenvalue weighted by Gasteiger charge is 2.15. The number of benzene rings is 1. The molecule has 1 aromatic carbocycles. The number of hydrogen-bond acceptors (Lipinski definition) is 5. The average molecular weight is 391 g/mol. The fraction of sp³-hybridized carbons (Fsp3) is 0.308. The van der Waals surface area contributed by atoms with Gasteiger partial charge in [0, 0.05) is 9.99 Å². The van der Waals surface area contributed by atoms with E-state index in [9.17, 15) is 14.4 Å². The van der Waals surface area contributed by atoms with Crippen molar-refractivity contribution in [2.45, 2.75) is 12.8 Å². The van der Waals surface area contributed by atoms with Crippen molar-refractivity contribution in [3.05, 3.63) is 27.3 Å². The average Bonchev–Trinajstić information content (AvgIpc) is 2.45. The Labute approximate surface area is 130 Å². The molecular weight excluding hydrogens is 377 g/mol. The summed E-state index contributed by atoms with van der Waals surface area (Å²) in [6.45, 7) is 0. The Morgan fingerprint density at radius 1 is 1.15 bits per heavy atom. The Bertz CT molecular complexity index is 529. The van der Waals surface area contributed by atoms with E-state index in [1.807, 2.05) is 0 Å². The predicted octanol–water partition coefficient (Wildman–Crippen LogP) is 1.97. The van der Waals surface area contributed by atoms with Crippen molar-refractivity contribution >= 4 is 46.1 Å². The van der Waals surface area contributed by atoms with Crippen LogP contribution in [0.1, 0.15) is 23.2 Å². The first-order valence-electron chi connectivity index (χ1n) is 5.72. The maximum Gasteiger partial charge on any atom is 0.340 e. The van der Waals surface area contributed by atoms with Gasteiger partial charge < -0.3 is 14.8 Å². The van der Waals surface area contributed by atoms with Crippen LogP contribution in [0.4, 0.5) is 5.69 Å². The van der Waals surface area contributed by atoms with E-state index in [0.29, 0.717) is 5.69 Å². The molecule has 1 N–H and O–H groups in total. The molecule has 7 heteroatoms. The van der Waals surface area contributed by atoms with Crippen LogP contribution in [-0.2, 0) is 19.1 Å². The minimum Gasteiger partial charge on any atom is -0.469 e. The van der Waals surface area contributed by atoms with Crippen LogP contribution in [0, 0.1) is 3.57 Å². The first kappa shape index (κ1) is 16.4. The molecule has 20 heavy (non-hydrogen) atoms. The van der Waals surface area contributed by atoms with Crippen LogP contribution < -0.4 is 5.32 Å². The quantitative estimate of drug-likeness (QED) is 0.613. The van der Waals surface area contributed by atoms with E-state index in [-0.39, 0.29) is 24.3 Å². The summed E-state index contributed by atoms with van der Waals surface area (Å²) >= 11 is 2.05. The molecule has 0 aliphatic heterocycles. The van der Waals surface area contributed by atoms with Gasteiger partial charge in [-0.15, -0.1) is 0 Å². The smallest absolute Gasteiger partial charge is 0.340 e. The molecule has 0 heterocycles. The maximum atomic E-state index is 11.7. The Kier molecular flexibility index (Phi) is 6.43. The second-order valence-electron chi connectivity index (χ2n) is 3.81. The predicted molar refractivity (Wildman–Crippen MR) is 80.4 cm³/mol. The van der Waals surface area contributed by atoms with Crippen molar-refractivity contribution in [3.8, 4) is 0 Å². The van der Waals surface area contributed by atoms with Gasteiger partial charge >= 0.3 is 11.9 Å². The number of ether oxygens (including phenoxy) is 2. The highest BCUT2D eigenvalue weighted by molar-refractivity contribution is 14.1. The molecule has 108 valence electrons. The number of rotatable bonds is 5. The topological polar surface area (TPSA) is 81.7 Å². The number of methoxy groups -OCH3 is 2. The van der Waals surface area contributed by atoms with Gasteiger partial charge in [-0.3, -0.25) is 9.59 Å². The van der Waals surface area contributed by atoms with E-state index >= 15 is 0 Å². The first-order valence-corrected chi connectivity index (χ1v) is 6.80. The first-order chi connectivity index (χ1) is 9.47. The van der Waals surface area contributed by atoms with Crippen LogP contribution in [0.15, 0.2) is 18.2 Å². The second-order valence-corrected chi connectivity index (χ2v) is 5.05. The highest BCUT2D eigenvalue weighted by atomic mass is 127. The molecule has 0 radical (unpaired) electrons. The van der Waals surface area contributed by atoms with Gasteiger partial charge in [-0.25, -0.2) is 4.79 Å². The molecule has 0 aliphatic rings. The van der Waals surface area contributed by atoms with Gasteiger partial charge in [0.1, 0.15) is 0 Å². The Balaban J connectivity index is 2.79. The minimum absolute atomic E-state index is 0.0136. The fourth-order valence-electron chi connectivity index (χ4n) is 1.43. The number of anilines is 1. The second kappa shape index (κ2) is 7.83. The van der Waals surface area contributed by atoms with Crippen molar-refractivity contribution in [2.24, 2.45) is 0 Å². The van der Waals surface area contributed by atoms with Crippen molar-refractivity contribution < 1.29 is 23.9 Å². The van der Waals surface area contributed by atoms with Gasteiger partial charge in [0.15, 0.2) is 0 Å². The lowest BCUT2D eigenvalue weighted by molar-refractivity contribution is -0.141. The van der Waals surface area contributed by atoms with Gasteiger partial charge in [0.25, 0.3) is 0 Å². The number of hydrogen-bond donors (Lipinski definition) is 1. The minimum atomic E-state index is -0.535. The summed E-state index contributed by atoms with van der Waals surface area (Å²) in [5, 5.41) is 2.58. The number of nitrogens with one attached hydrogen (secondary N) is 1. The molecule has 0 saturated carbocycles. The standard InChI is InChI=1S/C13H14INO5/c1-19-12(17)6-5-11(16)15-10-4-3-8(14)7-9(10)13(18)20-2/h3-4,7H,5-6H2,1-2H3,(H,15,16). The lowest BCUT2D eigenvalue weighted by Crippen LogP contribution is -2.16. The van der Waals surface area contributed by atoms with Crippen LogP contribution in [0.2, 0.25) is 0 Å². The number of esters is 2. The molecule has 6 nitrogen and oxygen atoms in total. The van der Waals surface area contributed by atoms with Crippen LogP contribution in [0.5, 0.6) is 0 Å². The highest BCUT2D eigenvalue weighted by Crippen LogP contribution is 2.20. The van der Waals surface area contributed by atoms with Crippen molar-refractivity contribution in [2.75, 3.05) is 19.5 Å². The number of halogens is 1. The lowest BCUT2D eigenvalue weighted by Gasteiger charge is -2.10. The fourth-order valence-corrected chi connectivity index (χ4v) is 1.93. The van der Waals surface area contributed by atoms with Crippen LogP contribution in [0.25, 0.3) is 0 Å². The molecule has 0 bridgehead atoms. The molecular formula is C13H14INO5. The third-order valence-corrected chi connectivity index (χ3v) is 3.12. The van der Waals surface area contributed by atoms with E-state index in [2.05, 4.69) is 37.4 Å². The monoisotopic (exact) mass is 391 g/mol. The number of amides is 1. The summed E-state index contributed by atoms with van der Waals surface area (Å²) < 4.78 is 9.96. The molecule has 0 saturated heterocycles. The Morgan fingerprint density at radius 3 is 2.45 bits per heavy atom. The van der Waals surface area contributed by atoms with E-state index in [4.69, 9.17) is 0 Å². The number of carbonyl (C=O) groups excluding carboxylic acids is 3. The number of carbonyl (C=O) groups is 3. The van der Waals surface area contributed by atoms with Gasteiger partial charge in [0.2, 0.25) is 5.91 Å². The summed E-state index contributed by atoms with van der Waals surface area (Å²) in [7, 11) is 2.53. The Morgan fingerprint density at radius 2 is 1.85 bits per heavy atom. The third kappa shape index (κ3) is 4.80. The van der Waals surface area contributed by atoms with E-state index in [1.165, 1.54) is 14.2 Å². The van der Waals surface area contributed by atoms with Crippen LogP contribution in [-0.4, -0.2) is 32.1 Å². The lowest BCUT2D eigenvalue weighted by atomic mass is 10.1. The summed E-state index contributed by atoms with van der Waals surface area (Å²) in [4.78, 5) is 34.3. The van der Waals surface area contributed by atoms with E-state index in [0.717, 1.165) is 3.57 Å². The van der Waals surface area contributed by atoms with Gasteiger partial charge in [-0.2, -0.15) is 0 Å². The summed E-state index contributed by atoms with van der Waals surface area (Å²) in [6.07, 6.45) is -0.0282. The maximum absolute atomic E-state index is 11.7. The molecule has 0 atom stereocenters.